The minimum Gasteiger partial charge on any atom is -0.356 e. The topological polar surface area (TPSA) is 118 Å². The molecule has 1 heterocycles. The minimum absolute atomic E-state index is 0.0591. The van der Waals surface area contributed by atoms with Crippen molar-refractivity contribution in [2.75, 3.05) is 25.4 Å². The number of Topliss-reactive ketones (excluding diaryl/α,β-unsaturated/α-hetero) is 1. The molecule has 0 bridgehead atoms. The lowest BCUT2D eigenvalue weighted by atomic mass is 9.97. The number of carbonyl (C=O) groups excluding carboxylic acids is 2. The third-order valence-corrected chi connectivity index (χ3v) is 9.44. The quantitative estimate of drug-likeness (QED) is 0.424. The molecule has 178 valence electrons. The van der Waals surface area contributed by atoms with Crippen molar-refractivity contribution in [2.24, 2.45) is 5.92 Å². The molecule has 0 aromatic heterocycles. The fourth-order valence-electron chi connectivity index (χ4n) is 3.73. The van der Waals surface area contributed by atoms with E-state index < -0.39 is 19.9 Å². The van der Waals surface area contributed by atoms with E-state index in [1.807, 2.05) is 0 Å². The highest BCUT2D eigenvalue weighted by Crippen LogP contribution is 2.24. The van der Waals surface area contributed by atoms with Crippen LogP contribution in [-0.2, 0) is 24.7 Å². The largest absolute Gasteiger partial charge is 0.356 e. The van der Waals surface area contributed by atoms with E-state index in [1.165, 1.54) is 35.5 Å². The van der Waals surface area contributed by atoms with Crippen molar-refractivity contribution in [2.45, 2.75) is 36.0 Å². The van der Waals surface area contributed by atoms with Gasteiger partial charge in [0, 0.05) is 31.1 Å². The van der Waals surface area contributed by atoms with E-state index in [0.29, 0.717) is 24.8 Å². The highest BCUT2D eigenvalue weighted by atomic mass is 32.2. The number of benzene rings is 2. The van der Waals surface area contributed by atoms with Crippen LogP contribution in [0.5, 0.6) is 0 Å². The molecule has 0 unspecified atom stereocenters. The van der Waals surface area contributed by atoms with Gasteiger partial charge in [-0.3, -0.25) is 9.59 Å². The maximum absolute atomic E-state index is 12.9. The molecule has 0 aliphatic carbocycles. The average molecular weight is 493 g/mol. The van der Waals surface area contributed by atoms with Gasteiger partial charge in [0.05, 0.1) is 15.5 Å². The second-order valence-electron chi connectivity index (χ2n) is 8.04. The highest BCUT2D eigenvalue weighted by molar-refractivity contribution is 7.91. The maximum atomic E-state index is 12.9. The molecule has 1 aliphatic heterocycles. The zero-order valence-corrected chi connectivity index (χ0v) is 20.1. The summed E-state index contributed by atoms with van der Waals surface area (Å²) in [4.78, 5) is 24.2. The third-order valence-electron chi connectivity index (χ3n) is 5.71. The molecule has 1 aliphatic rings. The molecular formula is C23H28N2O6S2. The van der Waals surface area contributed by atoms with Crippen LogP contribution in [0.1, 0.15) is 36.5 Å². The Morgan fingerprint density at radius 1 is 0.909 bits per heavy atom. The van der Waals surface area contributed by atoms with Gasteiger partial charge in [0.25, 0.3) is 0 Å². The Labute approximate surface area is 195 Å². The predicted octanol–water partition coefficient (Wildman–Crippen LogP) is 2.27. The number of sulfonamides is 1. The van der Waals surface area contributed by atoms with E-state index >= 15 is 0 Å². The van der Waals surface area contributed by atoms with Gasteiger partial charge < -0.3 is 5.32 Å². The Morgan fingerprint density at radius 2 is 1.52 bits per heavy atom. The molecule has 2 aromatic carbocycles. The molecule has 1 fully saturated rings. The Kier molecular flexibility index (Phi) is 8.04. The number of ketones is 1. The summed E-state index contributed by atoms with van der Waals surface area (Å²) in [5, 5.41) is 2.78. The summed E-state index contributed by atoms with van der Waals surface area (Å²) in [5.41, 5.74) is 0.445. The lowest BCUT2D eigenvalue weighted by Gasteiger charge is -2.30. The lowest BCUT2D eigenvalue weighted by molar-refractivity contribution is -0.126. The van der Waals surface area contributed by atoms with Crippen molar-refractivity contribution < 1.29 is 26.4 Å². The molecule has 33 heavy (non-hydrogen) atoms. The van der Waals surface area contributed by atoms with Gasteiger partial charge in [-0.2, -0.15) is 4.31 Å². The van der Waals surface area contributed by atoms with Crippen LogP contribution < -0.4 is 5.32 Å². The molecule has 0 saturated carbocycles. The van der Waals surface area contributed by atoms with Gasteiger partial charge in [-0.15, -0.1) is 0 Å². The zero-order valence-electron chi connectivity index (χ0n) is 18.4. The summed E-state index contributed by atoms with van der Waals surface area (Å²) in [6.07, 6.45) is 1.07. The lowest BCUT2D eigenvalue weighted by Crippen LogP contribution is -2.43. The van der Waals surface area contributed by atoms with Crippen LogP contribution in [-0.4, -0.2) is 58.2 Å². The second-order valence-corrected chi connectivity index (χ2v) is 12.1. The van der Waals surface area contributed by atoms with Crippen LogP contribution in [0.25, 0.3) is 0 Å². The van der Waals surface area contributed by atoms with Gasteiger partial charge in [-0.1, -0.05) is 30.3 Å². The van der Waals surface area contributed by atoms with Gasteiger partial charge in [-0.25, -0.2) is 16.8 Å². The van der Waals surface area contributed by atoms with Crippen molar-refractivity contribution in [3.63, 3.8) is 0 Å². The standard InChI is InChI=1S/C23H28N2O6S2/c1-18(26)19-8-10-22(11-9-19)33(30,31)25-15-12-20(13-16-25)23(27)24-14-5-17-32(28,29)21-6-3-2-4-7-21/h2-4,6-11,20H,5,12-17H2,1H3,(H,24,27). The third kappa shape index (κ3) is 6.27. The number of nitrogens with zero attached hydrogens (tertiary/aromatic N) is 1. The number of hydrogen-bond donors (Lipinski definition) is 1. The fraction of sp³-hybridized carbons (Fsp3) is 0.391. The van der Waals surface area contributed by atoms with E-state index in [2.05, 4.69) is 5.32 Å². The van der Waals surface area contributed by atoms with Crippen LogP contribution in [0.4, 0.5) is 0 Å². The Bertz CT molecular complexity index is 1190. The molecule has 1 saturated heterocycles. The average Bonchev–Trinajstić information content (AvgIpc) is 2.82. The summed E-state index contributed by atoms with van der Waals surface area (Å²) < 4.78 is 51.6. The van der Waals surface area contributed by atoms with Gasteiger partial charge in [0.15, 0.2) is 15.6 Å². The molecule has 2 aromatic rings. The Hall–Kier alpha value is -2.56. The predicted molar refractivity (Wildman–Crippen MR) is 124 cm³/mol. The summed E-state index contributed by atoms with van der Waals surface area (Å²) in [6.45, 7) is 2.10. The van der Waals surface area contributed by atoms with Crippen molar-refractivity contribution >= 4 is 31.6 Å². The number of carbonyl (C=O) groups is 2. The monoisotopic (exact) mass is 492 g/mol. The molecule has 3 rings (SSSR count). The SMILES string of the molecule is CC(=O)c1ccc(S(=O)(=O)N2CCC(C(=O)NCCCS(=O)(=O)c3ccccc3)CC2)cc1. The number of hydrogen-bond acceptors (Lipinski definition) is 6. The van der Waals surface area contributed by atoms with E-state index in [-0.39, 0.29) is 52.8 Å². The molecule has 10 heteroatoms. The summed E-state index contributed by atoms with van der Waals surface area (Å²) in [7, 11) is -7.08. The minimum atomic E-state index is -3.69. The first kappa shape index (κ1) is 25.1. The van der Waals surface area contributed by atoms with Crippen LogP contribution in [0, 0.1) is 5.92 Å². The Morgan fingerprint density at radius 3 is 2.09 bits per heavy atom. The first-order valence-electron chi connectivity index (χ1n) is 10.8. The van der Waals surface area contributed by atoms with Gasteiger partial charge in [0.2, 0.25) is 15.9 Å². The van der Waals surface area contributed by atoms with Crippen molar-refractivity contribution in [1.29, 1.82) is 0 Å². The summed E-state index contributed by atoms with van der Waals surface area (Å²) in [5.74, 6) is -0.697. The smallest absolute Gasteiger partial charge is 0.243 e. The molecule has 1 N–H and O–H groups in total. The van der Waals surface area contributed by atoms with Gasteiger partial charge in [-0.05, 0) is 50.5 Å². The van der Waals surface area contributed by atoms with Crippen LogP contribution in [0.3, 0.4) is 0 Å². The molecule has 0 radical (unpaired) electrons. The number of nitrogens with one attached hydrogen (secondary N) is 1. The summed E-state index contributed by atoms with van der Waals surface area (Å²) >= 11 is 0. The fourth-order valence-corrected chi connectivity index (χ4v) is 6.53. The van der Waals surface area contributed by atoms with Crippen LogP contribution >= 0.6 is 0 Å². The first-order chi connectivity index (χ1) is 15.6. The van der Waals surface area contributed by atoms with E-state index in [0.717, 1.165) is 0 Å². The molecule has 1 amide bonds. The normalized spacial score (nSPS) is 15.8. The summed E-state index contributed by atoms with van der Waals surface area (Å²) in [6, 6.07) is 14.0. The van der Waals surface area contributed by atoms with Crippen molar-refractivity contribution in [3.8, 4) is 0 Å². The number of sulfone groups is 1. The van der Waals surface area contributed by atoms with Gasteiger partial charge in [0.1, 0.15) is 0 Å². The number of piperidine rings is 1. The Balaban J connectivity index is 1.46. The van der Waals surface area contributed by atoms with E-state index in [1.54, 1.807) is 30.3 Å². The van der Waals surface area contributed by atoms with Crippen molar-refractivity contribution in [1.82, 2.24) is 9.62 Å². The second kappa shape index (κ2) is 10.6. The number of rotatable bonds is 9. The molecule has 8 nitrogen and oxygen atoms in total. The molecular weight excluding hydrogens is 464 g/mol. The van der Waals surface area contributed by atoms with Crippen LogP contribution in [0.15, 0.2) is 64.4 Å². The van der Waals surface area contributed by atoms with Crippen LogP contribution in [0.2, 0.25) is 0 Å². The number of amides is 1. The zero-order chi connectivity index (χ0) is 24.1. The van der Waals surface area contributed by atoms with E-state index in [9.17, 15) is 26.4 Å². The van der Waals surface area contributed by atoms with Crippen molar-refractivity contribution in [3.05, 3.63) is 60.2 Å². The maximum Gasteiger partial charge on any atom is 0.243 e. The van der Waals surface area contributed by atoms with Gasteiger partial charge >= 0.3 is 0 Å². The first-order valence-corrected chi connectivity index (χ1v) is 13.9. The molecule has 0 spiro atoms. The van der Waals surface area contributed by atoms with E-state index in [4.69, 9.17) is 0 Å². The molecule has 0 atom stereocenters. The highest BCUT2D eigenvalue weighted by Gasteiger charge is 2.32.